The summed E-state index contributed by atoms with van der Waals surface area (Å²) in [5, 5.41) is 10.6. The number of carbonyl (C=O) groups excluding carboxylic acids is 4. The Hall–Kier alpha value is -1.94. The molecule has 0 spiro atoms. The minimum absolute atomic E-state index is 0.103. The van der Waals surface area contributed by atoms with Crippen molar-refractivity contribution in [2.45, 2.75) is 337 Å². The maximum absolute atomic E-state index is 13.0. The second-order valence-electron chi connectivity index (χ2n) is 25.3. The van der Waals surface area contributed by atoms with Crippen LogP contribution in [0.15, 0.2) is 0 Å². The van der Waals surface area contributed by atoms with Gasteiger partial charge in [-0.3, -0.25) is 37.3 Å². The lowest BCUT2D eigenvalue weighted by Gasteiger charge is -2.21. The van der Waals surface area contributed by atoms with Crippen LogP contribution in [-0.2, 0) is 65.4 Å². The molecule has 19 heteroatoms. The molecule has 0 saturated heterocycles. The van der Waals surface area contributed by atoms with Crippen LogP contribution in [0.5, 0.6) is 0 Å². The highest BCUT2D eigenvalue weighted by Crippen LogP contribution is 2.45. The topological polar surface area (TPSA) is 237 Å². The van der Waals surface area contributed by atoms with Crippen LogP contribution < -0.4 is 0 Å². The smallest absolute Gasteiger partial charge is 0.462 e. The van der Waals surface area contributed by atoms with E-state index in [-0.39, 0.29) is 25.7 Å². The summed E-state index contributed by atoms with van der Waals surface area (Å²) >= 11 is 0. The van der Waals surface area contributed by atoms with Crippen LogP contribution in [0.4, 0.5) is 0 Å². The van der Waals surface area contributed by atoms with Crippen LogP contribution in [0.25, 0.3) is 0 Å². The van der Waals surface area contributed by atoms with Gasteiger partial charge in [-0.15, -0.1) is 0 Å². The number of hydrogen-bond donors (Lipinski definition) is 3. The maximum atomic E-state index is 13.0. The van der Waals surface area contributed by atoms with Crippen LogP contribution in [0.1, 0.15) is 319 Å². The molecule has 0 rings (SSSR count). The lowest BCUT2D eigenvalue weighted by molar-refractivity contribution is -0.161. The molecular formula is C66H128O17P2. The average molecular weight is 1260 g/mol. The number of carbonyl (C=O) groups is 4. The first-order valence-electron chi connectivity index (χ1n) is 34.3. The van der Waals surface area contributed by atoms with Gasteiger partial charge in [0, 0.05) is 25.7 Å². The van der Waals surface area contributed by atoms with Crippen molar-refractivity contribution in [1.82, 2.24) is 0 Å². The molecule has 3 N–H and O–H groups in total. The van der Waals surface area contributed by atoms with Gasteiger partial charge >= 0.3 is 39.5 Å². The third kappa shape index (κ3) is 58.2. The Morgan fingerprint density at radius 1 is 0.329 bits per heavy atom. The first-order chi connectivity index (χ1) is 40.7. The van der Waals surface area contributed by atoms with Crippen LogP contribution >= 0.6 is 15.6 Å². The Kier molecular flexibility index (Phi) is 54.8. The number of unbranched alkanes of at least 4 members (excludes halogenated alkanes) is 27. The van der Waals surface area contributed by atoms with Gasteiger partial charge in [0.2, 0.25) is 0 Å². The molecule has 5 unspecified atom stereocenters. The first-order valence-corrected chi connectivity index (χ1v) is 37.3. The molecule has 0 heterocycles. The Labute approximate surface area is 517 Å². The Morgan fingerprint density at radius 2 is 0.565 bits per heavy atom. The summed E-state index contributed by atoms with van der Waals surface area (Å²) in [5.41, 5.74) is 0. The van der Waals surface area contributed by atoms with Crippen molar-refractivity contribution in [2.24, 2.45) is 23.7 Å². The van der Waals surface area contributed by atoms with Gasteiger partial charge in [0.05, 0.1) is 26.4 Å². The summed E-state index contributed by atoms with van der Waals surface area (Å²) in [6.45, 7) is 14.0. The molecule has 0 radical (unpaired) electrons. The van der Waals surface area contributed by atoms with Crippen molar-refractivity contribution < 1.29 is 80.2 Å². The maximum Gasteiger partial charge on any atom is 0.472 e. The van der Waals surface area contributed by atoms with E-state index >= 15 is 0 Å². The molecule has 0 aromatic heterocycles. The Balaban J connectivity index is 5.27. The van der Waals surface area contributed by atoms with E-state index in [1.165, 1.54) is 116 Å². The quantitative estimate of drug-likeness (QED) is 0.0222. The molecule has 0 amide bonds. The standard InChI is InChI=1S/C66H128O17P2/c1-9-58(7)44-36-28-20-12-15-22-30-38-46-63(68)76-52-61(82-65(70)48-40-32-23-14-11-18-26-34-42-56(3)4)54-80-84(72,73)78-50-60(67)51-79-85(74,75)81-55-62(53-77-64(69)47-39-31-25-17-19-27-35-43-57(5)6)83-66(71)49-41-33-24-16-13-21-29-37-45-59(8)10-2/h56-62,67H,9-55H2,1-8H3,(H,72,73)(H,74,75)/t58?,59?,60?,61-,62-/m1/s1. The highest BCUT2D eigenvalue weighted by Gasteiger charge is 2.30. The number of rotatable bonds is 63. The van der Waals surface area contributed by atoms with Crippen molar-refractivity contribution in [3.63, 3.8) is 0 Å². The molecule has 0 aliphatic heterocycles. The van der Waals surface area contributed by atoms with Gasteiger partial charge in [-0.1, -0.05) is 267 Å². The number of phosphoric ester groups is 2. The van der Waals surface area contributed by atoms with E-state index in [1.807, 2.05) is 0 Å². The van der Waals surface area contributed by atoms with E-state index in [0.717, 1.165) is 114 Å². The fourth-order valence-electron chi connectivity index (χ4n) is 9.72. The molecule has 0 aromatic carbocycles. The van der Waals surface area contributed by atoms with Crippen LogP contribution in [-0.4, -0.2) is 96.7 Å². The minimum atomic E-state index is -4.95. The summed E-state index contributed by atoms with van der Waals surface area (Å²) in [5.74, 6) is 0.832. The predicted octanol–water partition coefficient (Wildman–Crippen LogP) is 18.1. The predicted molar refractivity (Wildman–Crippen MR) is 340 cm³/mol. The zero-order chi connectivity index (χ0) is 63.2. The van der Waals surface area contributed by atoms with Crippen LogP contribution in [0.3, 0.4) is 0 Å². The summed E-state index contributed by atoms with van der Waals surface area (Å²) in [7, 11) is -9.89. The van der Waals surface area contributed by atoms with Crippen LogP contribution in [0.2, 0.25) is 0 Å². The van der Waals surface area contributed by atoms with Gasteiger partial charge in [-0.25, -0.2) is 9.13 Å². The van der Waals surface area contributed by atoms with Gasteiger partial charge in [0.15, 0.2) is 12.2 Å². The molecule has 17 nitrogen and oxygen atoms in total. The molecule has 0 aromatic rings. The van der Waals surface area contributed by atoms with Crippen molar-refractivity contribution in [1.29, 1.82) is 0 Å². The zero-order valence-electron chi connectivity index (χ0n) is 55.2. The van der Waals surface area contributed by atoms with E-state index in [9.17, 15) is 43.2 Å². The van der Waals surface area contributed by atoms with E-state index in [1.54, 1.807) is 0 Å². The van der Waals surface area contributed by atoms with Gasteiger partial charge < -0.3 is 33.8 Å². The highest BCUT2D eigenvalue weighted by atomic mass is 31.2. The second kappa shape index (κ2) is 56.1. The van der Waals surface area contributed by atoms with E-state index in [4.69, 9.17) is 37.0 Å². The Morgan fingerprint density at radius 3 is 0.835 bits per heavy atom. The van der Waals surface area contributed by atoms with Crippen molar-refractivity contribution >= 4 is 39.5 Å². The zero-order valence-corrected chi connectivity index (χ0v) is 57.0. The molecule has 0 bridgehead atoms. The van der Waals surface area contributed by atoms with Gasteiger partial charge in [0.25, 0.3) is 0 Å². The fourth-order valence-corrected chi connectivity index (χ4v) is 11.3. The number of ether oxygens (including phenoxy) is 4. The number of aliphatic hydroxyl groups is 1. The van der Waals surface area contributed by atoms with Crippen molar-refractivity contribution in [3.8, 4) is 0 Å². The largest absolute Gasteiger partial charge is 0.472 e. The molecule has 504 valence electrons. The number of esters is 4. The van der Waals surface area contributed by atoms with E-state index in [2.05, 4.69) is 55.4 Å². The molecular weight excluding hydrogens is 1130 g/mol. The second-order valence-corrected chi connectivity index (χ2v) is 28.2. The highest BCUT2D eigenvalue weighted by molar-refractivity contribution is 7.47. The lowest BCUT2D eigenvalue weighted by Crippen LogP contribution is -2.30. The third-order valence-corrected chi connectivity index (χ3v) is 17.7. The summed E-state index contributed by atoms with van der Waals surface area (Å²) in [6, 6.07) is 0. The summed E-state index contributed by atoms with van der Waals surface area (Å²) in [4.78, 5) is 72.3. The van der Waals surface area contributed by atoms with Crippen LogP contribution in [0, 0.1) is 23.7 Å². The average Bonchev–Trinajstić information content (AvgIpc) is 3.54. The number of phosphoric acid groups is 2. The lowest BCUT2D eigenvalue weighted by atomic mass is 9.99. The van der Waals surface area contributed by atoms with E-state index < -0.39 is 97.5 Å². The van der Waals surface area contributed by atoms with E-state index in [0.29, 0.717) is 31.6 Å². The number of hydrogen-bond acceptors (Lipinski definition) is 15. The molecule has 0 aliphatic rings. The molecule has 0 aliphatic carbocycles. The Bertz CT molecular complexity index is 1700. The van der Waals surface area contributed by atoms with Gasteiger partial charge in [-0.2, -0.15) is 0 Å². The number of aliphatic hydroxyl groups excluding tert-OH is 1. The first kappa shape index (κ1) is 83.1. The fraction of sp³-hybridized carbons (Fsp3) is 0.939. The molecule has 7 atom stereocenters. The molecule has 0 saturated carbocycles. The minimum Gasteiger partial charge on any atom is -0.462 e. The summed E-state index contributed by atoms with van der Waals surface area (Å²) < 4.78 is 68.1. The molecule has 85 heavy (non-hydrogen) atoms. The monoisotopic (exact) mass is 1250 g/mol. The normalized spacial score (nSPS) is 15.0. The van der Waals surface area contributed by atoms with Crippen molar-refractivity contribution in [3.05, 3.63) is 0 Å². The van der Waals surface area contributed by atoms with Gasteiger partial charge in [0.1, 0.15) is 19.3 Å². The SMILES string of the molecule is CCC(C)CCCCCCCCCCC(=O)OC[C@H](COP(=O)(O)OCC(O)COP(=O)(O)OC[C@@H](COC(=O)CCCCCCCCCC(C)C)OC(=O)CCCCCCCCCCC(C)CC)OC(=O)CCCCCCCCCCC(C)C. The van der Waals surface area contributed by atoms with Crippen molar-refractivity contribution in [2.75, 3.05) is 39.6 Å². The van der Waals surface area contributed by atoms with Gasteiger partial charge in [-0.05, 0) is 49.4 Å². The third-order valence-electron chi connectivity index (χ3n) is 15.8. The summed E-state index contributed by atoms with van der Waals surface area (Å²) in [6.07, 6.45) is 36.2. The molecule has 0 fully saturated rings.